The molecule has 220 valence electrons. The molecular weight excluding hydrogens is 581 g/mol. The fourth-order valence-corrected chi connectivity index (χ4v) is 5.84. The molecule has 0 aromatic heterocycles. The molecule has 3 aromatic carbocycles. The molecule has 3 aromatic rings. The van der Waals surface area contributed by atoms with Crippen molar-refractivity contribution >= 4 is 50.7 Å². The summed E-state index contributed by atoms with van der Waals surface area (Å²) in [6.45, 7) is 4.68. The van der Waals surface area contributed by atoms with E-state index in [0.29, 0.717) is 34.3 Å². The van der Waals surface area contributed by atoms with Gasteiger partial charge in [-0.25, -0.2) is 8.42 Å². The second-order valence-corrected chi connectivity index (χ2v) is 13.1. The third kappa shape index (κ3) is 10.1. The van der Waals surface area contributed by atoms with Gasteiger partial charge in [-0.1, -0.05) is 91.6 Å². The summed E-state index contributed by atoms with van der Waals surface area (Å²) in [6.07, 6.45) is 1.75. The number of sulfonamides is 1. The number of amides is 2. The van der Waals surface area contributed by atoms with Crippen LogP contribution in [0.1, 0.15) is 37.8 Å². The van der Waals surface area contributed by atoms with E-state index < -0.39 is 16.1 Å². The molecule has 0 spiro atoms. The molecule has 0 fully saturated rings. The van der Waals surface area contributed by atoms with Crippen LogP contribution in [-0.2, 0) is 32.6 Å². The third-order valence-electron chi connectivity index (χ3n) is 6.51. The van der Waals surface area contributed by atoms with E-state index in [1.807, 2.05) is 50.2 Å². The van der Waals surface area contributed by atoms with E-state index in [0.717, 1.165) is 11.8 Å². The zero-order chi connectivity index (χ0) is 30.0. The lowest BCUT2D eigenvalue weighted by atomic mass is 10.0. The second kappa shape index (κ2) is 15.2. The fourth-order valence-electron chi connectivity index (χ4n) is 4.41. The fraction of sp³-hybridized carbons (Fsp3) is 0.355. The minimum absolute atomic E-state index is 0.0345. The lowest BCUT2D eigenvalue weighted by Gasteiger charge is -2.32. The molecule has 10 heteroatoms. The summed E-state index contributed by atoms with van der Waals surface area (Å²) >= 11 is 12.6. The standard InChI is InChI=1S/C31H37Cl2N3O4S/c1-23(2)21-34-31(38)29(19-24-11-6-4-7-12-24)35(22-25-16-17-26(32)20-28(25)33)30(37)15-10-18-36(41(3,39)40)27-13-8-5-9-14-27/h4-9,11-14,16-17,20,23,29H,10,15,18-19,21-22H2,1-3H3,(H,34,38). The van der Waals surface area contributed by atoms with Gasteiger partial charge in [0.1, 0.15) is 6.04 Å². The zero-order valence-corrected chi connectivity index (χ0v) is 25.9. The lowest BCUT2D eigenvalue weighted by Crippen LogP contribution is -2.51. The molecule has 0 saturated carbocycles. The summed E-state index contributed by atoms with van der Waals surface area (Å²) in [5, 5.41) is 3.85. The maximum atomic E-state index is 13.9. The van der Waals surface area contributed by atoms with Gasteiger partial charge in [-0.15, -0.1) is 0 Å². The molecule has 3 rings (SSSR count). The molecule has 41 heavy (non-hydrogen) atoms. The van der Waals surface area contributed by atoms with Crippen LogP contribution in [0.15, 0.2) is 78.9 Å². The highest BCUT2D eigenvalue weighted by Crippen LogP contribution is 2.25. The molecule has 0 bridgehead atoms. The van der Waals surface area contributed by atoms with E-state index >= 15 is 0 Å². The molecule has 7 nitrogen and oxygen atoms in total. The Morgan fingerprint density at radius 3 is 2.15 bits per heavy atom. The normalized spacial score (nSPS) is 12.1. The van der Waals surface area contributed by atoms with Gasteiger partial charge < -0.3 is 10.2 Å². The largest absolute Gasteiger partial charge is 0.354 e. The first kappa shape index (κ1) is 32.4. The number of nitrogens with zero attached hydrogens (tertiary/aromatic N) is 2. The van der Waals surface area contributed by atoms with Crippen molar-refractivity contribution in [3.05, 3.63) is 100 Å². The molecule has 0 aliphatic heterocycles. The summed E-state index contributed by atoms with van der Waals surface area (Å²) in [7, 11) is -3.57. The first-order valence-corrected chi connectivity index (χ1v) is 16.1. The van der Waals surface area contributed by atoms with Crippen LogP contribution < -0.4 is 9.62 Å². The number of halogens is 2. The number of hydrogen-bond donors (Lipinski definition) is 1. The summed E-state index contributed by atoms with van der Waals surface area (Å²) in [5.41, 5.74) is 2.09. The van der Waals surface area contributed by atoms with Crippen molar-refractivity contribution in [3.8, 4) is 0 Å². The predicted octanol–water partition coefficient (Wildman–Crippen LogP) is 5.95. The van der Waals surface area contributed by atoms with Gasteiger partial charge >= 0.3 is 0 Å². The molecule has 0 aliphatic carbocycles. The minimum Gasteiger partial charge on any atom is -0.354 e. The number of carbonyl (C=O) groups excluding carboxylic acids is 2. The smallest absolute Gasteiger partial charge is 0.243 e. The van der Waals surface area contributed by atoms with E-state index in [2.05, 4.69) is 5.32 Å². The first-order valence-electron chi connectivity index (χ1n) is 13.5. The Hall–Kier alpha value is -3.07. The van der Waals surface area contributed by atoms with Gasteiger partial charge in [0.15, 0.2) is 0 Å². The van der Waals surface area contributed by atoms with E-state index in [1.54, 1.807) is 47.4 Å². The molecule has 0 saturated heterocycles. The predicted molar refractivity (Wildman–Crippen MR) is 167 cm³/mol. The summed E-state index contributed by atoms with van der Waals surface area (Å²) in [4.78, 5) is 29.0. The Labute approximate surface area is 253 Å². The highest BCUT2D eigenvalue weighted by Gasteiger charge is 2.31. The number of carbonyl (C=O) groups is 2. The zero-order valence-electron chi connectivity index (χ0n) is 23.6. The van der Waals surface area contributed by atoms with Gasteiger partial charge in [-0.3, -0.25) is 13.9 Å². The number of benzene rings is 3. The van der Waals surface area contributed by atoms with Crippen LogP contribution in [-0.4, -0.2) is 50.5 Å². The molecule has 2 amide bonds. The van der Waals surface area contributed by atoms with Gasteiger partial charge in [-0.2, -0.15) is 0 Å². The molecule has 0 radical (unpaired) electrons. The molecule has 1 N–H and O–H groups in total. The average Bonchev–Trinajstić information content (AvgIpc) is 2.93. The van der Waals surface area contributed by atoms with Crippen molar-refractivity contribution in [1.29, 1.82) is 0 Å². The summed E-state index contributed by atoms with van der Waals surface area (Å²) in [6, 6.07) is 22.5. The van der Waals surface area contributed by atoms with Gasteiger partial charge in [0.25, 0.3) is 0 Å². The van der Waals surface area contributed by atoms with Crippen molar-refractivity contribution < 1.29 is 18.0 Å². The summed E-state index contributed by atoms with van der Waals surface area (Å²) in [5.74, 6) is -0.313. The monoisotopic (exact) mass is 617 g/mol. The van der Waals surface area contributed by atoms with Gasteiger partial charge in [-0.05, 0) is 47.7 Å². The maximum Gasteiger partial charge on any atom is 0.243 e. The molecule has 0 aliphatic rings. The second-order valence-electron chi connectivity index (χ2n) is 10.4. The maximum absolute atomic E-state index is 13.9. The minimum atomic E-state index is -3.57. The van der Waals surface area contributed by atoms with Crippen LogP contribution in [0.4, 0.5) is 5.69 Å². The van der Waals surface area contributed by atoms with Gasteiger partial charge in [0.2, 0.25) is 21.8 Å². The van der Waals surface area contributed by atoms with E-state index in [-0.39, 0.29) is 43.7 Å². The Kier molecular flexibility index (Phi) is 12.1. The molecule has 0 heterocycles. The third-order valence-corrected chi connectivity index (χ3v) is 8.29. The van der Waals surface area contributed by atoms with Crippen LogP contribution in [0.2, 0.25) is 10.0 Å². The highest BCUT2D eigenvalue weighted by atomic mass is 35.5. The number of rotatable bonds is 14. The van der Waals surface area contributed by atoms with Crippen LogP contribution in [0.25, 0.3) is 0 Å². The van der Waals surface area contributed by atoms with Gasteiger partial charge in [0.05, 0.1) is 11.9 Å². The van der Waals surface area contributed by atoms with Crippen molar-refractivity contribution in [2.75, 3.05) is 23.7 Å². The topological polar surface area (TPSA) is 86.8 Å². The average molecular weight is 619 g/mol. The van der Waals surface area contributed by atoms with E-state index in [9.17, 15) is 18.0 Å². The van der Waals surface area contributed by atoms with Gasteiger partial charge in [0, 0.05) is 42.5 Å². The Morgan fingerprint density at radius 2 is 1.56 bits per heavy atom. The summed E-state index contributed by atoms with van der Waals surface area (Å²) < 4.78 is 26.3. The Bertz CT molecular complexity index is 1400. The van der Waals surface area contributed by atoms with Crippen LogP contribution in [0.3, 0.4) is 0 Å². The van der Waals surface area contributed by atoms with E-state index in [1.165, 1.54) is 4.31 Å². The van der Waals surface area contributed by atoms with Crippen molar-refractivity contribution in [2.45, 2.75) is 45.7 Å². The number of para-hydroxylation sites is 1. The van der Waals surface area contributed by atoms with Crippen LogP contribution in [0, 0.1) is 5.92 Å². The molecular formula is C31H37Cl2N3O4S. The van der Waals surface area contributed by atoms with Crippen molar-refractivity contribution in [2.24, 2.45) is 5.92 Å². The van der Waals surface area contributed by atoms with E-state index in [4.69, 9.17) is 23.2 Å². The van der Waals surface area contributed by atoms with Crippen molar-refractivity contribution in [1.82, 2.24) is 10.2 Å². The first-order chi connectivity index (χ1) is 19.5. The molecule has 1 unspecified atom stereocenters. The number of hydrogen-bond acceptors (Lipinski definition) is 4. The number of nitrogens with one attached hydrogen (secondary N) is 1. The quantitative estimate of drug-likeness (QED) is 0.242. The SMILES string of the molecule is CC(C)CNC(=O)C(Cc1ccccc1)N(Cc1ccc(Cl)cc1Cl)C(=O)CCCN(c1ccccc1)S(C)(=O)=O. The van der Waals surface area contributed by atoms with Crippen LogP contribution >= 0.6 is 23.2 Å². The number of anilines is 1. The Balaban J connectivity index is 1.90. The van der Waals surface area contributed by atoms with Crippen molar-refractivity contribution in [3.63, 3.8) is 0 Å². The Morgan fingerprint density at radius 1 is 0.927 bits per heavy atom. The molecule has 1 atom stereocenters. The highest BCUT2D eigenvalue weighted by molar-refractivity contribution is 7.92. The van der Waals surface area contributed by atoms with Crippen LogP contribution in [0.5, 0.6) is 0 Å². The lowest BCUT2D eigenvalue weighted by molar-refractivity contribution is -0.141.